The summed E-state index contributed by atoms with van der Waals surface area (Å²) in [6, 6.07) is 0. The highest BCUT2D eigenvalue weighted by molar-refractivity contribution is 4.87. The van der Waals surface area contributed by atoms with Gasteiger partial charge >= 0.3 is 0 Å². The molecule has 19 heavy (non-hydrogen) atoms. The molecule has 0 spiro atoms. The lowest BCUT2D eigenvalue weighted by Crippen LogP contribution is -2.54. The molecule has 0 bridgehead atoms. The summed E-state index contributed by atoms with van der Waals surface area (Å²) >= 11 is 0. The van der Waals surface area contributed by atoms with E-state index in [2.05, 4.69) is 0 Å². The summed E-state index contributed by atoms with van der Waals surface area (Å²) in [4.78, 5) is 0. The topological polar surface area (TPSA) is 149 Å². The Morgan fingerprint density at radius 1 is 0.895 bits per heavy atom. The smallest absolute Gasteiger partial charge is 0.186 e. The number of hydrogen-bond acceptors (Lipinski definition) is 9. The Labute approximate surface area is 108 Å². The minimum atomic E-state index is -1.51. The first-order valence-electron chi connectivity index (χ1n) is 5.89. The summed E-state index contributed by atoms with van der Waals surface area (Å²) in [5.74, 6) is 0. The van der Waals surface area contributed by atoms with Crippen LogP contribution < -0.4 is 0 Å². The average molecular weight is 282 g/mol. The molecule has 8 unspecified atom stereocenters. The van der Waals surface area contributed by atoms with Crippen molar-refractivity contribution in [3.63, 3.8) is 0 Å². The minimum Gasteiger partial charge on any atom is -0.388 e. The normalized spacial score (nSPS) is 51.5. The molecule has 0 amide bonds. The third-order valence-corrected chi connectivity index (χ3v) is 3.22. The second kappa shape index (κ2) is 5.95. The number of ether oxygens (including phenoxy) is 3. The van der Waals surface area contributed by atoms with Crippen molar-refractivity contribution in [2.45, 2.75) is 49.2 Å². The summed E-state index contributed by atoms with van der Waals surface area (Å²) in [6.45, 7) is -0.470. The predicted octanol–water partition coefficient (Wildman–Crippen LogP) is -4.12. The van der Waals surface area contributed by atoms with Crippen molar-refractivity contribution in [3.05, 3.63) is 0 Å². The third-order valence-electron chi connectivity index (χ3n) is 3.22. The summed E-state index contributed by atoms with van der Waals surface area (Å²) in [5.41, 5.74) is 0. The predicted molar refractivity (Wildman–Crippen MR) is 56.6 cm³/mol. The van der Waals surface area contributed by atoms with Gasteiger partial charge < -0.3 is 44.8 Å². The van der Waals surface area contributed by atoms with Crippen molar-refractivity contribution in [2.75, 3.05) is 13.2 Å². The third kappa shape index (κ3) is 3.05. The molecule has 0 radical (unpaired) electrons. The van der Waals surface area contributed by atoms with Crippen molar-refractivity contribution in [1.29, 1.82) is 0 Å². The average Bonchev–Trinajstić information content (AvgIpc) is 2.63. The molecule has 2 aliphatic heterocycles. The van der Waals surface area contributed by atoms with Crippen LogP contribution in [0.4, 0.5) is 0 Å². The first-order valence-corrected chi connectivity index (χ1v) is 5.89. The standard InChI is InChI=1S/C10H18O9/c11-3-1-17-10(8(15)5(3)12)18-2-4-6(13)7(14)9(16)19-4/h3-16H,1-2H2. The van der Waals surface area contributed by atoms with Gasteiger partial charge in [-0.15, -0.1) is 0 Å². The largest absolute Gasteiger partial charge is 0.388 e. The Kier molecular flexibility index (Phi) is 4.71. The van der Waals surface area contributed by atoms with Crippen LogP contribution in [-0.4, -0.2) is 93.1 Å². The van der Waals surface area contributed by atoms with Crippen LogP contribution in [0.25, 0.3) is 0 Å². The molecule has 0 saturated carbocycles. The van der Waals surface area contributed by atoms with Crippen LogP contribution in [0.2, 0.25) is 0 Å². The van der Waals surface area contributed by atoms with E-state index in [9.17, 15) is 25.5 Å². The zero-order valence-electron chi connectivity index (χ0n) is 9.94. The highest BCUT2D eigenvalue weighted by Crippen LogP contribution is 2.22. The van der Waals surface area contributed by atoms with E-state index in [0.29, 0.717) is 0 Å². The molecular formula is C10H18O9. The van der Waals surface area contributed by atoms with E-state index in [1.165, 1.54) is 0 Å². The van der Waals surface area contributed by atoms with Crippen molar-refractivity contribution in [2.24, 2.45) is 0 Å². The summed E-state index contributed by atoms with van der Waals surface area (Å²) in [6.07, 6.45) is -10.5. The number of rotatable bonds is 3. The highest BCUT2D eigenvalue weighted by atomic mass is 16.7. The van der Waals surface area contributed by atoms with Crippen molar-refractivity contribution >= 4 is 0 Å². The molecule has 8 atom stereocenters. The van der Waals surface area contributed by atoms with E-state index in [-0.39, 0.29) is 13.2 Å². The lowest BCUT2D eigenvalue weighted by Gasteiger charge is -2.35. The molecule has 0 aliphatic carbocycles. The van der Waals surface area contributed by atoms with Gasteiger partial charge in [0.1, 0.15) is 36.6 Å². The van der Waals surface area contributed by atoms with Gasteiger partial charge in [-0.1, -0.05) is 0 Å². The molecule has 9 heteroatoms. The lowest BCUT2D eigenvalue weighted by atomic mass is 10.1. The summed E-state index contributed by atoms with van der Waals surface area (Å²) < 4.78 is 14.9. The molecule has 2 saturated heterocycles. The van der Waals surface area contributed by atoms with Crippen molar-refractivity contribution in [3.8, 4) is 0 Å². The van der Waals surface area contributed by atoms with E-state index < -0.39 is 49.2 Å². The zero-order valence-corrected chi connectivity index (χ0v) is 9.94. The highest BCUT2D eigenvalue weighted by Gasteiger charge is 2.44. The Morgan fingerprint density at radius 3 is 2.16 bits per heavy atom. The van der Waals surface area contributed by atoms with Crippen LogP contribution in [-0.2, 0) is 14.2 Å². The van der Waals surface area contributed by atoms with Gasteiger partial charge in [0, 0.05) is 0 Å². The van der Waals surface area contributed by atoms with Crippen molar-refractivity contribution in [1.82, 2.24) is 0 Å². The first kappa shape index (κ1) is 15.0. The molecule has 2 fully saturated rings. The number of aliphatic hydroxyl groups is 6. The van der Waals surface area contributed by atoms with E-state index in [0.717, 1.165) is 0 Å². The van der Waals surface area contributed by atoms with Crippen LogP contribution in [0, 0.1) is 0 Å². The Bertz CT molecular complexity index is 301. The maximum Gasteiger partial charge on any atom is 0.186 e. The number of aliphatic hydroxyl groups excluding tert-OH is 6. The Balaban J connectivity index is 1.83. The first-order chi connectivity index (χ1) is 8.91. The Morgan fingerprint density at radius 2 is 1.58 bits per heavy atom. The molecule has 2 rings (SSSR count). The fourth-order valence-corrected chi connectivity index (χ4v) is 1.98. The molecule has 6 N–H and O–H groups in total. The van der Waals surface area contributed by atoms with Gasteiger partial charge in [-0.25, -0.2) is 0 Å². The second-order valence-corrected chi connectivity index (χ2v) is 4.63. The van der Waals surface area contributed by atoms with Crippen LogP contribution in [0.3, 0.4) is 0 Å². The quantitative estimate of drug-likeness (QED) is 0.303. The van der Waals surface area contributed by atoms with Crippen LogP contribution in [0.15, 0.2) is 0 Å². The molecule has 2 heterocycles. The van der Waals surface area contributed by atoms with E-state index >= 15 is 0 Å². The fraction of sp³-hybridized carbons (Fsp3) is 1.00. The van der Waals surface area contributed by atoms with Crippen LogP contribution in [0.5, 0.6) is 0 Å². The minimum absolute atomic E-state index is 0.206. The van der Waals surface area contributed by atoms with Gasteiger partial charge in [0.15, 0.2) is 12.6 Å². The van der Waals surface area contributed by atoms with Gasteiger partial charge in [-0.2, -0.15) is 0 Å². The van der Waals surface area contributed by atoms with Gasteiger partial charge in [0.05, 0.1) is 13.2 Å². The van der Waals surface area contributed by atoms with Gasteiger partial charge in [-0.05, 0) is 0 Å². The molecular weight excluding hydrogens is 264 g/mol. The van der Waals surface area contributed by atoms with Gasteiger partial charge in [-0.3, -0.25) is 0 Å². The van der Waals surface area contributed by atoms with E-state index in [4.69, 9.17) is 19.3 Å². The molecule has 9 nitrogen and oxygen atoms in total. The second-order valence-electron chi connectivity index (χ2n) is 4.63. The molecule has 0 aromatic heterocycles. The van der Waals surface area contributed by atoms with Gasteiger partial charge in [0.2, 0.25) is 0 Å². The fourth-order valence-electron chi connectivity index (χ4n) is 1.98. The monoisotopic (exact) mass is 282 g/mol. The SMILES string of the molecule is OC1COC(OCC2OC(O)C(O)C2O)C(O)C1O. The van der Waals surface area contributed by atoms with Gasteiger partial charge in [0.25, 0.3) is 0 Å². The zero-order chi connectivity index (χ0) is 14.2. The lowest BCUT2D eigenvalue weighted by molar-refractivity contribution is -0.278. The molecule has 0 aromatic carbocycles. The van der Waals surface area contributed by atoms with E-state index in [1.807, 2.05) is 0 Å². The molecule has 2 aliphatic rings. The molecule has 0 aromatic rings. The summed E-state index contributed by atoms with van der Waals surface area (Å²) in [7, 11) is 0. The maximum atomic E-state index is 9.59. The number of hydrogen-bond donors (Lipinski definition) is 6. The van der Waals surface area contributed by atoms with Crippen LogP contribution >= 0.6 is 0 Å². The Hall–Kier alpha value is -0.360. The molecule has 112 valence electrons. The van der Waals surface area contributed by atoms with Crippen molar-refractivity contribution < 1.29 is 44.8 Å². The summed E-state index contributed by atoms with van der Waals surface area (Å²) in [5, 5.41) is 56.2. The maximum absolute atomic E-state index is 9.59. The van der Waals surface area contributed by atoms with E-state index in [1.54, 1.807) is 0 Å². The van der Waals surface area contributed by atoms with Crippen LogP contribution in [0.1, 0.15) is 0 Å².